The maximum absolute atomic E-state index is 12.1. The first kappa shape index (κ1) is 16.0. The number of likely N-dealkylation sites (tertiary alicyclic amines) is 1. The Morgan fingerprint density at radius 2 is 2.24 bits per heavy atom. The van der Waals surface area contributed by atoms with Crippen LogP contribution in [-0.2, 0) is 9.59 Å². The SMILES string of the molecule is CC1CCN(CC(=O)Nc2cccc(Br)c2)C(C(=O)O)C1. The summed E-state index contributed by atoms with van der Waals surface area (Å²) in [6, 6.07) is 6.76. The number of benzene rings is 1. The molecule has 0 aliphatic carbocycles. The molecule has 0 bridgehead atoms. The van der Waals surface area contributed by atoms with Crippen LogP contribution in [0.15, 0.2) is 28.7 Å². The van der Waals surface area contributed by atoms with Crippen molar-refractivity contribution in [1.29, 1.82) is 0 Å². The summed E-state index contributed by atoms with van der Waals surface area (Å²) in [6.07, 6.45) is 1.52. The highest BCUT2D eigenvalue weighted by Crippen LogP contribution is 2.22. The highest BCUT2D eigenvalue weighted by Gasteiger charge is 2.32. The minimum absolute atomic E-state index is 0.107. The van der Waals surface area contributed by atoms with Crippen molar-refractivity contribution in [2.75, 3.05) is 18.4 Å². The smallest absolute Gasteiger partial charge is 0.320 e. The first-order chi connectivity index (χ1) is 9.95. The Kier molecular flexibility index (Phi) is 5.36. The van der Waals surface area contributed by atoms with E-state index in [4.69, 9.17) is 0 Å². The number of carbonyl (C=O) groups is 2. The number of carboxylic acid groups (broad SMARTS) is 1. The highest BCUT2D eigenvalue weighted by atomic mass is 79.9. The van der Waals surface area contributed by atoms with E-state index in [9.17, 15) is 14.7 Å². The van der Waals surface area contributed by atoms with Gasteiger partial charge in [0.2, 0.25) is 5.91 Å². The van der Waals surface area contributed by atoms with E-state index in [1.807, 2.05) is 18.2 Å². The number of rotatable bonds is 4. The number of nitrogens with one attached hydrogen (secondary N) is 1. The standard InChI is InChI=1S/C15H19BrN2O3/c1-10-5-6-18(13(7-10)15(20)21)9-14(19)17-12-4-2-3-11(16)8-12/h2-4,8,10,13H,5-7,9H2,1H3,(H,17,19)(H,20,21). The molecule has 2 N–H and O–H groups in total. The molecule has 0 radical (unpaired) electrons. The third-order valence-corrected chi connectivity index (χ3v) is 4.21. The summed E-state index contributed by atoms with van der Waals surface area (Å²) in [4.78, 5) is 25.1. The number of amides is 1. The van der Waals surface area contributed by atoms with Crippen LogP contribution in [0.3, 0.4) is 0 Å². The summed E-state index contributed by atoms with van der Waals surface area (Å²) in [7, 11) is 0. The molecule has 1 aliphatic heterocycles. The number of piperidine rings is 1. The summed E-state index contributed by atoms with van der Waals surface area (Å²) >= 11 is 3.35. The van der Waals surface area contributed by atoms with Gasteiger partial charge in [0.25, 0.3) is 0 Å². The monoisotopic (exact) mass is 354 g/mol. The number of carboxylic acids is 1. The van der Waals surface area contributed by atoms with Crippen LogP contribution < -0.4 is 5.32 Å². The third kappa shape index (κ3) is 4.54. The van der Waals surface area contributed by atoms with Crippen LogP contribution in [0.25, 0.3) is 0 Å². The summed E-state index contributed by atoms with van der Waals surface area (Å²) < 4.78 is 0.885. The fourth-order valence-corrected chi connectivity index (χ4v) is 2.99. The van der Waals surface area contributed by atoms with Gasteiger partial charge in [-0.05, 0) is 43.5 Å². The molecule has 114 valence electrons. The summed E-state index contributed by atoms with van der Waals surface area (Å²) in [6.45, 7) is 2.80. The Balaban J connectivity index is 1.96. The third-order valence-electron chi connectivity index (χ3n) is 3.72. The molecule has 1 aromatic rings. The van der Waals surface area contributed by atoms with Crippen LogP contribution in [0.2, 0.25) is 0 Å². The maximum Gasteiger partial charge on any atom is 0.320 e. The zero-order chi connectivity index (χ0) is 15.4. The molecule has 1 amide bonds. The minimum atomic E-state index is -0.850. The molecule has 6 heteroatoms. The van der Waals surface area contributed by atoms with Crippen molar-refractivity contribution in [2.45, 2.75) is 25.8 Å². The first-order valence-electron chi connectivity index (χ1n) is 6.98. The van der Waals surface area contributed by atoms with Crippen LogP contribution in [0.5, 0.6) is 0 Å². The van der Waals surface area contributed by atoms with Gasteiger partial charge in [0.05, 0.1) is 6.54 Å². The molecule has 2 atom stereocenters. The van der Waals surface area contributed by atoms with Crippen LogP contribution in [0, 0.1) is 5.92 Å². The Morgan fingerprint density at radius 3 is 2.90 bits per heavy atom. The van der Waals surface area contributed by atoms with E-state index >= 15 is 0 Å². The highest BCUT2D eigenvalue weighted by molar-refractivity contribution is 9.10. The minimum Gasteiger partial charge on any atom is -0.480 e. The lowest BCUT2D eigenvalue weighted by Gasteiger charge is -2.35. The van der Waals surface area contributed by atoms with E-state index in [0.29, 0.717) is 24.6 Å². The van der Waals surface area contributed by atoms with Gasteiger partial charge in [-0.25, -0.2) is 0 Å². The summed E-state index contributed by atoms with van der Waals surface area (Å²) in [5, 5.41) is 12.1. The number of aliphatic carboxylic acids is 1. The molecule has 0 spiro atoms. The van der Waals surface area contributed by atoms with Crippen LogP contribution in [0.4, 0.5) is 5.69 Å². The number of hydrogen-bond acceptors (Lipinski definition) is 3. The molecule has 1 saturated heterocycles. The zero-order valence-corrected chi connectivity index (χ0v) is 13.5. The molecular formula is C15H19BrN2O3. The van der Waals surface area contributed by atoms with E-state index in [1.165, 1.54) is 0 Å². The van der Waals surface area contributed by atoms with Gasteiger partial charge in [0.1, 0.15) is 6.04 Å². The Labute approximate surface area is 132 Å². The van der Waals surface area contributed by atoms with Gasteiger partial charge in [-0.3, -0.25) is 14.5 Å². The molecule has 1 aliphatic rings. The predicted octanol–water partition coefficient (Wildman–Crippen LogP) is 2.57. The second-order valence-corrected chi connectivity index (χ2v) is 6.43. The lowest BCUT2D eigenvalue weighted by atomic mass is 9.92. The number of carbonyl (C=O) groups excluding carboxylic acids is 1. The van der Waals surface area contributed by atoms with Gasteiger partial charge in [0.15, 0.2) is 0 Å². The van der Waals surface area contributed by atoms with Crippen LogP contribution in [-0.4, -0.2) is 41.0 Å². The second kappa shape index (κ2) is 7.04. The normalized spacial score (nSPS) is 22.8. The van der Waals surface area contributed by atoms with Crippen molar-refractivity contribution in [1.82, 2.24) is 4.90 Å². The molecular weight excluding hydrogens is 336 g/mol. The topological polar surface area (TPSA) is 69.6 Å². The van der Waals surface area contributed by atoms with E-state index < -0.39 is 12.0 Å². The molecule has 0 saturated carbocycles. The van der Waals surface area contributed by atoms with Crippen LogP contribution in [0.1, 0.15) is 19.8 Å². The quantitative estimate of drug-likeness (QED) is 0.871. The van der Waals surface area contributed by atoms with Crippen molar-refractivity contribution in [3.8, 4) is 0 Å². The molecule has 2 rings (SSSR count). The van der Waals surface area contributed by atoms with Crippen molar-refractivity contribution in [3.63, 3.8) is 0 Å². The lowest BCUT2D eigenvalue weighted by molar-refractivity contribution is -0.145. The van der Waals surface area contributed by atoms with E-state index in [0.717, 1.165) is 10.9 Å². The van der Waals surface area contributed by atoms with Gasteiger partial charge < -0.3 is 10.4 Å². The number of hydrogen-bond donors (Lipinski definition) is 2. The van der Waals surface area contributed by atoms with Gasteiger partial charge in [-0.15, -0.1) is 0 Å². The lowest BCUT2D eigenvalue weighted by Crippen LogP contribution is -2.49. The summed E-state index contributed by atoms with van der Waals surface area (Å²) in [5.74, 6) is -0.652. The number of nitrogens with zero attached hydrogens (tertiary/aromatic N) is 1. The molecule has 5 nitrogen and oxygen atoms in total. The van der Waals surface area contributed by atoms with Crippen LogP contribution >= 0.6 is 15.9 Å². The van der Waals surface area contributed by atoms with Crippen molar-refractivity contribution < 1.29 is 14.7 Å². The van der Waals surface area contributed by atoms with Gasteiger partial charge in [0, 0.05) is 10.2 Å². The van der Waals surface area contributed by atoms with Gasteiger partial charge in [-0.2, -0.15) is 0 Å². The molecule has 1 fully saturated rings. The summed E-state index contributed by atoms with van der Waals surface area (Å²) in [5.41, 5.74) is 0.701. The van der Waals surface area contributed by atoms with Crippen molar-refractivity contribution >= 4 is 33.5 Å². The molecule has 21 heavy (non-hydrogen) atoms. The number of halogens is 1. The second-order valence-electron chi connectivity index (χ2n) is 5.51. The average molecular weight is 355 g/mol. The van der Waals surface area contributed by atoms with E-state index in [1.54, 1.807) is 11.0 Å². The van der Waals surface area contributed by atoms with Gasteiger partial charge >= 0.3 is 5.97 Å². The Morgan fingerprint density at radius 1 is 1.48 bits per heavy atom. The Bertz CT molecular complexity index is 535. The molecule has 1 aromatic carbocycles. The van der Waals surface area contributed by atoms with Gasteiger partial charge in [-0.1, -0.05) is 28.9 Å². The van der Waals surface area contributed by atoms with Crippen molar-refractivity contribution in [3.05, 3.63) is 28.7 Å². The predicted molar refractivity (Wildman–Crippen MR) is 84.2 cm³/mol. The fourth-order valence-electron chi connectivity index (χ4n) is 2.59. The zero-order valence-electron chi connectivity index (χ0n) is 11.9. The fraction of sp³-hybridized carbons (Fsp3) is 0.467. The van der Waals surface area contributed by atoms with Crippen molar-refractivity contribution in [2.24, 2.45) is 5.92 Å². The van der Waals surface area contributed by atoms with E-state index in [2.05, 4.69) is 28.2 Å². The average Bonchev–Trinajstić information content (AvgIpc) is 2.40. The largest absolute Gasteiger partial charge is 0.480 e. The van der Waals surface area contributed by atoms with E-state index in [-0.39, 0.29) is 12.5 Å². The maximum atomic E-state index is 12.1. The first-order valence-corrected chi connectivity index (χ1v) is 7.77. The Hall–Kier alpha value is -1.40. The molecule has 0 aromatic heterocycles. The number of anilines is 1. The molecule has 2 unspecified atom stereocenters. The molecule has 1 heterocycles.